The molecule has 0 saturated carbocycles. The summed E-state index contributed by atoms with van der Waals surface area (Å²) >= 11 is 0. The van der Waals surface area contributed by atoms with Crippen molar-refractivity contribution >= 4 is 17.4 Å². The molecule has 18 heavy (non-hydrogen) atoms. The molecule has 0 radical (unpaired) electrons. The van der Waals surface area contributed by atoms with E-state index in [1.807, 2.05) is 6.92 Å². The van der Waals surface area contributed by atoms with Gasteiger partial charge in [-0.2, -0.15) is 8.78 Å². The molecule has 1 heterocycles. The van der Waals surface area contributed by atoms with Crippen LogP contribution in [0.3, 0.4) is 0 Å². The van der Waals surface area contributed by atoms with Crippen LogP contribution in [0.15, 0.2) is 24.3 Å². The van der Waals surface area contributed by atoms with Crippen LogP contribution in [0.5, 0.6) is 0 Å². The summed E-state index contributed by atoms with van der Waals surface area (Å²) in [7, 11) is 0. The van der Waals surface area contributed by atoms with Gasteiger partial charge in [-0.25, -0.2) is 0 Å². The fourth-order valence-electron chi connectivity index (χ4n) is 1.98. The Bertz CT molecular complexity index is 500. The zero-order valence-corrected chi connectivity index (χ0v) is 9.95. The zero-order chi connectivity index (χ0) is 13.3. The molecule has 0 N–H and O–H groups in total. The number of benzene rings is 1. The molecule has 0 aliphatic carbocycles. The third-order valence-corrected chi connectivity index (χ3v) is 2.97. The van der Waals surface area contributed by atoms with E-state index in [4.69, 9.17) is 0 Å². The molecule has 1 aromatic carbocycles. The third kappa shape index (κ3) is 1.79. The average molecular weight is 253 g/mol. The van der Waals surface area contributed by atoms with E-state index in [1.54, 1.807) is 6.07 Å². The average Bonchev–Trinajstić information content (AvgIpc) is 2.37. The summed E-state index contributed by atoms with van der Waals surface area (Å²) in [5.41, 5.74) is 0.199. The van der Waals surface area contributed by atoms with Crippen molar-refractivity contribution in [3.63, 3.8) is 0 Å². The summed E-state index contributed by atoms with van der Waals surface area (Å²) in [6.45, 7) is 2.11. The highest BCUT2D eigenvalue weighted by molar-refractivity contribution is 6.26. The first-order valence-corrected chi connectivity index (χ1v) is 5.83. The number of ketones is 1. The highest BCUT2D eigenvalue weighted by Gasteiger charge is 2.54. The van der Waals surface area contributed by atoms with Crippen LogP contribution in [-0.2, 0) is 4.79 Å². The largest absolute Gasteiger partial charge is 0.386 e. The minimum Gasteiger partial charge on any atom is -0.306 e. The molecule has 0 bridgehead atoms. The molecule has 0 unspecified atom stereocenters. The van der Waals surface area contributed by atoms with Crippen LogP contribution in [0.2, 0.25) is 0 Å². The number of hydrogen-bond acceptors (Lipinski definition) is 2. The summed E-state index contributed by atoms with van der Waals surface area (Å²) in [6, 6.07) is 6.00. The van der Waals surface area contributed by atoms with Gasteiger partial charge in [-0.3, -0.25) is 9.59 Å². The topological polar surface area (TPSA) is 37.4 Å². The van der Waals surface area contributed by atoms with Gasteiger partial charge in [0.15, 0.2) is 0 Å². The van der Waals surface area contributed by atoms with Crippen molar-refractivity contribution in [1.29, 1.82) is 0 Å². The maximum atomic E-state index is 13.6. The van der Waals surface area contributed by atoms with Crippen molar-refractivity contribution in [2.45, 2.75) is 25.7 Å². The number of amides is 1. The molecule has 0 aromatic heterocycles. The van der Waals surface area contributed by atoms with Gasteiger partial charge < -0.3 is 4.90 Å². The molecule has 1 aromatic rings. The summed E-state index contributed by atoms with van der Waals surface area (Å²) in [5, 5.41) is 0. The Morgan fingerprint density at radius 1 is 1.22 bits per heavy atom. The van der Waals surface area contributed by atoms with Gasteiger partial charge in [-0.05, 0) is 18.6 Å². The van der Waals surface area contributed by atoms with E-state index in [9.17, 15) is 18.4 Å². The lowest BCUT2D eigenvalue weighted by Gasteiger charge is -2.32. The predicted molar refractivity (Wildman–Crippen MR) is 63.0 cm³/mol. The standard InChI is InChI=1S/C13H13F2NO2/c1-2-3-8-16-10-7-5-4-6-9(10)11(17)13(14,15)12(16)18/h4-7H,2-3,8H2,1H3. The smallest absolute Gasteiger partial charge is 0.306 e. The number of Topliss-reactive ketones (excluding diaryl/α,β-unsaturated/α-hetero) is 1. The number of hydrogen-bond donors (Lipinski definition) is 0. The normalized spacial score (nSPS) is 17.8. The molecular weight excluding hydrogens is 240 g/mol. The second-order valence-electron chi connectivity index (χ2n) is 4.23. The second kappa shape index (κ2) is 4.48. The summed E-state index contributed by atoms with van der Waals surface area (Å²) in [6.07, 6.45) is 1.40. The van der Waals surface area contributed by atoms with Crippen molar-refractivity contribution in [1.82, 2.24) is 0 Å². The van der Waals surface area contributed by atoms with E-state index in [2.05, 4.69) is 0 Å². The van der Waals surface area contributed by atoms with Gasteiger partial charge in [0, 0.05) is 12.1 Å². The van der Waals surface area contributed by atoms with Crippen molar-refractivity contribution in [2.75, 3.05) is 11.4 Å². The first-order chi connectivity index (χ1) is 8.50. The van der Waals surface area contributed by atoms with E-state index in [0.717, 1.165) is 11.3 Å². The number of alkyl halides is 2. The number of fused-ring (bicyclic) bond motifs is 1. The Morgan fingerprint density at radius 3 is 2.56 bits per heavy atom. The van der Waals surface area contributed by atoms with E-state index < -0.39 is 17.6 Å². The molecular formula is C13H13F2NO2. The highest BCUT2D eigenvalue weighted by Crippen LogP contribution is 2.35. The lowest BCUT2D eigenvalue weighted by atomic mass is 9.96. The zero-order valence-electron chi connectivity index (χ0n) is 9.95. The van der Waals surface area contributed by atoms with Crippen molar-refractivity contribution in [3.8, 4) is 0 Å². The lowest BCUT2D eigenvalue weighted by molar-refractivity contribution is -0.137. The molecule has 0 saturated heterocycles. The number of halogens is 2. The van der Waals surface area contributed by atoms with Crippen molar-refractivity contribution in [2.24, 2.45) is 0 Å². The molecule has 1 aliphatic heterocycles. The van der Waals surface area contributed by atoms with Crippen molar-refractivity contribution < 1.29 is 18.4 Å². The number of nitrogens with zero attached hydrogens (tertiary/aromatic N) is 1. The van der Waals surface area contributed by atoms with Gasteiger partial charge in [0.2, 0.25) is 5.78 Å². The Kier molecular flexibility index (Phi) is 3.15. The number of anilines is 1. The van der Waals surface area contributed by atoms with Gasteiger partial charge in [0.25, 0.3) is 0 Å². The first-order valence-electron chi connectivity index (χ1n) is 5.83. The molecule has 1 aliphatic rings. The number of rotatable bonds is 3. The van der Waals surface area contributed by atoms with Crippen LogP contribution in [-0.4, -0.2) is 24.2 Å². The van der Waals surface area contributed by atoms with E-state index in [-0.39, 0.29) is 17.8 Å². The van der Waals surface area contributed by atoms with E-state index in [1.165, 1.54) is 18.2 Å². The SMILES string of the molecule is CCCCN1C(=O)C(F)(F)C(=O)c2ccccc21. The molecule has 3 nitrogen and oxygen atoms in total. The van der Waals surface area contributed by atoms with Crippen molar-refractivity contribution in [3.05, 3.63) is 29.8 Å². The van der Waals surface area contributed by atoms with Crippen LogP contribution < -0.4 is 4.90 Å². The van der Waals surface area contributed by atoms with Gasteiger partial charge in [-0.15, -0.1) is 0 Å². The number of carbonyl (C=O) groups is 2. The Hall–Kier alpha value is -1.78. The summed E-state index contributed by atoms with van der Waals surface area (Å²) in [5.74, 6) is -6.77. The monoisotopic (exact) mass is 253 g/mol. The second-order valence-corrected chi connectivity index (χ2v) is 4.23. The van der Waals surface area contributed by atoms with Gasteiger partial charge in [0.1, 0.15) is 0 Å². The Balaban J connectivity index is 2.50. The molecule has 0 atom stereocenters. The molecule has 1 amide bonds. The number of carbonyl (C=O) groups excluding carboxylic acids is 2. The van der Waals surface area contributed by atoms with Gasteiger partial charge >= 0.3 is 11.8 Å². The molecule has 0 fully saturated rings. The summed E-state index contributed by atoms with van der Waals surface area (Å²) in [4.78, 5) is 24.3. The Labute approximate surface area is 103 Å². The lowest BCUT2D eigenvalue weighted by Crippen LogP contribution is -2.53. The van der Waals surface area contributed by atoms with Gasteiger partial charge in [0.05, 0.1) is 5.69 Å². The van der Waals surface area contributed by atoms with Crippen LogP contribution in [0, 0.1) is 0 Å². The van der Waals surface area contributed by atoms with Crippen LogP contribution >= 0.6 is 0 Å². The molecule has 5 heteroatoms. The van der Waals surface area contributed by atoms with E-state index in [0.29, 0.717) is 6.42 Å². The van der Waals surface area contributed by atoms with Crippen LogP contribution in [0.1, 0.15) is 30.1 Å². The fourth-order valence-corrected chi connectivity index (χ4v) is 1.98. The molecule has 96 valence electrons. The third-order valence-electron chi connectivity index (χ3n) is 2.97. The first kappa shape index (κ1) is 12.7. The number of para-hydroxylation sites is 1. The quantitative estimate of drug-likeness (QED) is 0.776. The fraction of sp³-hybridized carbons (Fsp3) is 0.385. The molecule has 0 spiro atoms. The van der Waals surface area contributed by atoms with Crippen LogP contribution in [0.4, 0.5) is 14.5 Å². The highest BCUT2D eigenvalue weighted by atomic mass is 19.3. The predicted octanol–water partition coefficient (Wildman–Crippen LogP) is 2.65. The molecule has 2 rings (SSSR count). The maximum Gasteiger partial charge on any atom is 0.386 e. The summed E-state index contributed by atoms with van der Waals surface area (Å²) < 4.78 is 27.2. The minimum atomic E-state index is -3.94. The Morgan fingerprint density at radius 2 is 1.89 bits per heavy atom. The number of unbranched alkanes of at least 4 members (excludes halogenated alkanes) is 1. The van der Waals surface area contributed by atoms with Gasteiger partial charge in [-0.1, -0.05) is 25.5 Å². The van der Waals surface area contributed by atoms with Crippen LogP contribution in [0.25, 0.3) is 0 Å². The minimum absolute atomic E-state index is 0.0850. The van der Waals surface area contributed by atoms with E-state index >= 15 is 0 Å². The maximum absolute atomic E-state index is 13.6.